The van der Waals surface area contributed by atoms with E-state index in [2.05, 4.69) is 15.9 Å². The normalized spacial score (nSPS) is 23.2. The second-order valence-electron chi connectivity index (χ2n) is 5.38. The fraction of sp³-hybridized carbons (Fsp3) is 0.467. The van der Waals surface area contributed by atoms with Crippen LogP contribution in [0.15, 0.2) is 28.7 Å². The highest BCUT2D eigenvalue weighted by Crippen LogP contribution is 2.38. The molecule has 2 unspecified atom stereocenters. The van der Waals surface area contributed by atoms with Crippen LogP contribution in [0.3, 0.4) is 0 Å². The van der Waals surface area contributed by atoms with E-state index < -0.39 is 17.9 Å². The van der Waals surface area contributed by atoms with Crippen LogP contribution < -0.4 is 0 Å². The molecule has 108 valence electrons. The quantitative estimate of drug-likeness (QED) is 0.919. The van der Waals surface area contributed by atoms with Crippen molar-refractivity contribution in [3.05, 3.63) is 34.3 Å². The number of hydrogen-bond donors (Lipinski definition) is 1. The summed E-state index contributed by atoms with van der Waals surface area (Å²) in [5.74, 6) is -1.36. The lowest BCUT2D eigenvalue weighted by atomic mass is 9.83. The van der Waals surface area contributed by atoms with E-state index in [9.17, 15) is 14.7 Å². The molecule has 20 heavy (non-hydrogen) atoms. The van der Waals surface area contributed by atoms with Gasteiger partial charge in [-0.3, -0.25) is 9.59 Å². The van der Waals surface area contributed by atoms with Gasteiger partial charge < -0.3 is 10.0 Å². The van der Waals surface area contributed by atoms with Crippen molar-refractivity contribution in [3.8, 4) is 0 Å². The van der Waals surface area contributed by atoms with Crippen molar-refractivity contribution in [3.63, 3.8) is 0 Å². The van der Waals surface area contributed by atoms with Gasteiger partial charge in [-0.25, -0.2) is 0 Å². The first-order valence-corrected chi connectivity index (χ1v) is 7.50. The minimum Gasteiger partial charge on any atom is -0.481 e. The number of aliphatic carboxylic acids is 1. The van der Waals surface area contributed by atoms with Crippen LogP contribution in [0, 0.1) is 5.92 Å². The number of hydrogen-bond acceptors (Lipinski definition) is 2. The third kappa shape index (κ3) is 2.87. The van der Waals surface area contributed by atoms with Gasteiger partial charge in [0.25, 0.3) is 0 Å². The summed E-state index contributed by atoms with van der Waals surface area (Å²) in [4.78, 5) is 25.5. The van der Waals surface area contributed by atoms with E-state index in [4.69, 9.17) is 0 Å². The smallest absolute Gasteiger partial charge is 0.308 e. The van der Waals surface area contributed by atoms with E-state index in [1.54, 1.807) is 4.90 Å². The predicted molar refractivity (Wildman–Crippen MR) is 79.2 cm³/mol. The topological polar surface area (TPSA) is 57.6 Å². The summed E-state index contributed by atoms with van der Waals surface area (Å²) in [7, 11) is 0. The van der Waals surface area contributed by atoms with Crippen LogP contribution in [0.5, 0.6) is 0 Å². The van der Waals surface area contributed by atoms with Crippen LogP contribution in [0.4, 0.5) is 0 Å². The molecule has 0 aliphatic carbocycles. The average Bonchev–Trinajstić information content (AvgIpc) is 2.37. The summed E-state index contributed by atoms with van der Waals surface area (Å²) < 4.78 is 0.890. The Morgan fingerprint density at radius 1 is 1.45 bits per heavy atom. The molecule has 0 bridgehead atoms. The molecule has 1 aliphatic heterocycles. The molecule has 1 aromatic carbocycles. The maximum Gasteiger partial charge on any atom is 0.308 e. The van der Waals surface area contributed by atoms with Gasteiger partial charge in [0.15, 0.2) is 0 Å². The van der Waals surface area contributed by atoms with E-state index in [1.807, 2.05) is 38.1 Å². The van der Waals surface area contributed by atoms with Crippen LogP contribution in [-0.2, 0) is 9.59 Å². The first kappa shape index (κ1) is 15.0. The highest BCUT2D eigenvalue weighted by molar-refractivity contribution is 9.10. The second kappa shape index (κ2) is 5.95. The van der Waals surface area contributed by atoms with Crippen molar-refractivity contribution in [2.24, 2.45) is 5.92 Å². The maximum absolute atomic E-state index is 12.2. The largest absolute Gasteiger partial charge is 0.481 e. The van der Waals surface area contributed by atoms with E-state index in [0.29, 0.717) is 12.8 Å². The summed E-state index contributed by atoms with van der Waals surface area (Å²) in [5.41, 5.74) is 0.869. The Balaban J connectivity index is 2.48. The highest BCUT2D eigenvalue weighted by Gasteiger charge is 2.41. The lowest BCUT2D eigenvalue weighted by Gasteiger charge is -2.42. The van der Waals surface area contributed by atoms with Crippen molar-refractivity contribution in [2.75, 3.05) is 0 Å². The molecule has 0 radical (unpaired) electrons. The Kier molecular flexibility index (Phi) is 4.48. The Morgan fingerprint density at radius 3 is 2.70 bits per heavy atom. The summed E-state index contributed by atoms with van der Waals surface area (Å²) in [6.45, 7) is 3.85. The first-order valence-electron chi connectivity index (χ1n) is 6.71. The molecular weight excluding hydrogens is 322 g/mol. The zero-order chi connectivity index (χ0) is 14.9. The van der Waals surface area contributed by atoms with Gasteiger partial charge >= 0.3 is 5.97 Å². The third-order valence-electron chi connectivity index (χ3n) is 3.70. The molecule has 0 aromatic heterocycles. The molecule has 2 atom stereocenters. The molecule has 1 aromatic rings. The fourth-order valence-electron chi connectivity index (χ4n) is 2.87. The number of carbonyl (C=O) groups excluding carboxylic acids is 1. The van der Waals surface area contributed by atoms with Gasteiger partial charge in [-0.2, -0.15) is 0 Å². The van der Waals surface area contributed by atoms with Gasteiger partial charge in [0.05, 0.1) is 12.0 Å². The van der Waals surface area contributed by atoms with Crippen molar-refractivity contribution in [1.82, 2.24) is 4.90 Å². The number of likely N-dealkylation sites (tertiary alicyclic amines) is 1. The van der Waals surface area contributed by atoms with Gasteiger partial charge in [-0.05, 0) is 38.0 Å². The standard InChI is InChI=1S/C15H18BrNO3/c1-9(2)17-13(18)7-6-12(15(19)20)14(17)10-4-3-5-11(16)8-10/h3-5,8-9,12,14H,6-7H2,1-2H3,(H,19,20). The minimum absolute atomic E-state index is 0.0198. The van der Waals surface area contributed by atoms with Crippen molar-refractivity contribution >= 4 is 27.8 Å². The van der Waals surface area contributed by atoms with Gasteiger partial charge in [-0.15, -0.1) is 0 Å². The molecule has 2 rings (SSSR count). The number of benzene rings is 1. The van der Waals surface area contributed by atoms with Crippen molar-refractivity contribution < 1.29 is 14.7 Å². The average molecular weight is 340 g/mol. The Bertz CT molecular complexity index is 530. The third-order valence-corrected chi connectivity index (χ3v) is 4.19. The van der Waals surface area contributed by atoms with Gasteiger partial charge in [0.2, 0.25) is 5.91 Å². The molecular formula is C15H18BrNO3. The highest BCUT2D eigenvalue weighted by atomic mass is 79.9. The van der Waals surface area contributed by atoms with Gasteiger partial charge in [0, 0.05) is 16.9 Å². The number of carboxylic acids is 1. The summed E-state index contributed by atoms with van der Waals surface area (Å²) in [6.07, 6.45) is 0.703. The zero-order valence-electron chi connectivity index (χ0n) is 11.5. The van der Waals surface area contributed by atoms with Gasteiger partial charge in [-0.1, -0.05) is 28.1 Å². The lowest BCUT2D eigenvalue weighted by Crippen LogP contribution is -2.48. The number of carboxylic acid groups (broad SMARTS) is 1. The Morgan fingerprint density at radius 2 is 2.15 bits per heavy atom. The minimum atomic E-state index is -0.840. The fourth-order valence-corrected chi connectivity index (χ4v) is 3.28. The van der Waals surface area contributed by atoms with Crippen LogP contribution in [0.25, 0.3) is 0 Å². The molecule has 1 heterocycles. The maximum atomic E-state index is 12.2. The molecule has 1 N–H and O–H groups in total. The Hall–Kier alpha value is -1.36. The van der Waals surface area contributed by atoms with Crippen LogP contribution in [0.2, 0.25) is 0 Å². The summed E-state index contributed by atoms with van der Waals surface area (Å²) >= 11 is 3.41. The summed E-state index contributed by atoms with van der Waals surface area (Å²) in [6, 6.07) is 7.13. The molecule has 1 fully saturated rings. The molecule has 4 nitrogen and oxygen atoms in total. The molecule has 0 spiro atoms. The molecule has 1 amide bonds. The van der Waals surface area contributed by atoms with Crippen LogP contribution in [0.1, 0.15) is 38.3 Å². The number of nitrogens with zero attached hydrogens (tertiary/aromatic N) is 1. The van der Waals surface area contributed by atoms with E-state index >= 15 is 0 Å². The van der Waals surface area contributed by atoms with Crippen LogP contribution >= 0.6 is 15.9 Å². The van der Waals surface area contributed by atoms with E-state index in [-0.39, 0.29) is 11.9 Å². The van der Waals surface area contributed by atoms with Crippen LogP contribution in [-0.4, -0.2) is 27.9 Å². The van der Waals surface area contributed by atoms with Crippen molar-refractivity contribution in [1.29, 1.82) is 0 Å². The number of amides is 1. The van der Waals surface area contributed by atoms with E-state index in [1.165, 1.54) is 0 Å². The second-order valence-corrected chi connectivity index (χ2v) is 6.29. The number of rotatable bonds is 3. The molecule has 0 saturated carbocycles. The van der Waals surface area contributed by atoms with Gasteiger partial charge in [0.1, 0.15) is 0 Å². The lowest BCUT2D eigenvalue weighted by molar-refractivity contribution is -0.153. The summed E-state index contributed by atoms with van der Waals surface area (Å²) in [5, 5.41) is 9.48. The predicted octanol–water partition coefficient (Wildman–Crippen LogP) is 3.22. The molecule has 1 aliphatic rings. The SMILES string of the molecule is CC(C)N1C(=O)CCC(C(=O)O)C1c1cccc(Br)c1. The molecule has 5 heteroatoms. The monoisotopic (exact) mass is 339 g/mol. The zero-order valence-corrected chi connectivity index (χ0v) is 13.1. The number of piperidine rings is 1. The number of carbonyl (C=O) groups is 2. The first-order chi connectivity index (χ1) is 9.41. The molecule has 1 saturated heterocycles. The van der Waals surface area contributed by atoms with Crippen molar-refractivity contribution in [2.45, 2.75) is 38.8 Å². The Labute approximate surface area is 126 Å². The van der Waals surface area contributed by atoms with E-state index in [0.717, 1.165) is 10.0 Å². The number of halogens is 1.